The van der Waals surface area contributed by atoms with Crippen LogP contribution >= 0.6 is 0 Å². The zero-order valence-electron chi connectivity index (χ0n) is 18.1. The largest absolute Gasteiger partial charge is 0.493 e. The van der Waals surface area contributed by atoms with Crippen molar-refractivity contribution in [1.82, 2.24) is 4.90 Å². The summed E-state index contributed by atoms with van der Waals surface area (Å²) >= 11 is 0. The molecule has 0 heterocycles. The van der Waals surface area contributed by atoms with Gasteiger partial charge in [-0.25, -0.2) is 4.79 Å². The highest BCUT2D eigenvalue weighted by atomic mass is 16.5. The second kappa shape index (κ2) is 8.67. The molecule has 0 unspecified atom stereocenters. The summed E-state index contributed by atoms with van der Waals surface area (Å²) in [6, 6.07) is 5.62. The van der Waals surface area contributed by atoms with E-state index < -0.39 is 17.4 Å². The van der Waals surface area contributed by atoms with Crippen molar-refractivity contribution in [2.24, 2.45) is 0 Å². The number of aromatic carboxylic acids is 1. The Balaban J connectivity index is 2.47. The van der Waals surface area contributed by atoms with Crippen LogP contribution in [-0.4, -0.2) is 50.3 Å². The molecule has 2 aromatic carbocycles. The van der Waals surface area contributed by atoms with E-state index in [0.29, 0.717) is 46.8 Å². The molecule has 0 fully saturated rings. The predicted molar refractivity (Wildman–Crippen MR) is 114 cm³/mol. The van der Waals surface area contributed by atoms with Gasteiger partial charge in [0.15, 0.2) is 16.9 Å². The smallest absolute Gasteiger partial charge is 0.339 e. The Labute approximate surface area is 180 Å². The summed E-state index contributed by atoms with van der Waals surface area (Å²) in [5, 5.41) is 9.46. The normalized spacial score (nSPS) is 14.5. The van der Waals surface area contributed by atoms with Gasteiger partial charge in [0, 0.05) is 19.5 Å². The minimum Gasteiger partial charge on any atom is -0.493 e. The third-order valence-corrected chi connectivity index (χ3v) is 5.70. The number of hydrogen-bond acceptors (Lipinski definition) is 6. The lowest BCUT2D eigenvalue weighted by atomic mass is 9.95. The number of carbonyl (C=O) groups excluding carboxylic acids is 1. The van der Waals surface area contributed by atoms with E-state index in [0.717, 1.165) is 5.56 Å². The number of nitrogens with zero attached hydrogens (tertiary/aromatic N) is 1. The van der Waals surface area contributed by atoms with Crippen LogP contribution in [-0.2, 0) is 11.2 Å². The lowest BCUT2D eigenvalue weighted by Crippen LogP contribution is -2.29. The third kappa shape index (κ3) is 3.81. The van der Waals surface area contributed by atoms with Gasteiger partial charge < -0.3 is 24.2 Å². The fourth-order valence-electron chi connectivity index (χ4n) is 4.09. The first-order chi connectivity index (χ1) is 14.7. The SMILES string of the molecule is COc1cc2c(c(OC)c1OC)-c1ccc(C(=O)O)c(=O)cc1[C@@H](N(C)C(C)=O)CC2. The topological polar surface area (TPSA) is 102 Å². The number of ether oxygens (including phenoxy) is 3. The highest BCUT2D eigenvalue weighted by Gasteiger charge is 2.31. The maximum Gasteiger partial charge on any atom is 0.339 e. The van der Waals surface area contributed by atoms with E-state index in [2.05, 4.69) is 0 Å². The molecule has 31 heavy (non-hydrogen) atoms. The molecule has 0 aliphatic heterocycles. The van der Waals surface area contributed by atoms with E-state index in [9.17, 15) is 19.5 Å². The zero-order chi connectivity index (χ0) is 22.9. The van der Waals surface area contributed by atoms with Crippen molar-refractivity contribution in [3.8, 4) is 28.4 Å². The fourth-order valence-corrected chi connectivity index (χ4v) is 4.09. The molecular formula is C23H25NO7. The van der Waals surface area contributed by atoms with Gasteiger partial charge in [-0.15, -0.1) is 0 Å². The van der Waals surface area contributed by atoms with Gasteiger partial charge in [-0.1, -0.05) is 6.07 Å². The highest BCUT2D eigenvalue weighted by molar-refractivity contribution is 5.89. The Morgan fingerprint density at radius 2 is 1.74 bits per heavy atom. The molecule has 3 rings (SSSR count). The number of amides is 1. The summed E-state index contributed by atoms with van der Waals surface area (Å²) in [5.74, 6) is -0.179. The highest BCUT2D eigenvalue weighted by Crippen LogP contribution is 2.50. The van der Waals surface area contributed by atoms with Gasteiger partial charge in [0.25, 0.3) is 0 Å². The number of methoxy groups -OCH3 is 3. The van der Waals surface area contributed by atoms with E-state index in [4.69, 9.17) is 14.2 Å². The summed E-state index contributed by atoms with van der Waals surface area (Å²) in [4.78, 5) is 38.1. The van der Waals surface area contributed by atoms with Crippen LogP contribution in [0.4, 0.5) is 0 Å². The predicted octanol–water partition coefficient (Wildman–Crippen LogP) is 2.90. The molecule has 0 saturated carbocycles. The maximum absolute atomic E-state index is 12.7. The van der Waals surface area contributed by atoms with Crippen LogP contribution in [0.2, 0.25) is 0 Å². The van der Waals surface area contributed by atoms with Crippen molar-refractivity contribution in [3.05, 3.63) is 51.2 Å². The second-order valence-corrected chi connectivity index (χ2v) is 7.29. The molecule has 0 radical (unpaired) electrons. The first kappa shape index (κ1) is 22.1. The summed E-state index contributed by atoms with van der Waals surface area (Å²) in [7, 11) is 6.20. The Morgan fingerprint density at radius 3 is 2.29 bits per heavy atom. The monoisotopic (exact) mass is 427 g/mol. The number of rotatable bonds is 5. The number of carboxylic acid groups (broad SMARTS) is 1. The van der Waals surface area contributed by atoms with E-state index in [1.54, 1.807) is 18.0 Å². The molecule has 1 aliphatic carbocycles. The summed E-state index contributed by atoms with van der Waals surface area (Å²) in [5.41, 5.74) is 1.75. The molecule has 0 bridgehead atoms. The van der Waals surface area contributed by atoms with Gasteiger partial charge in [0.1, 0.15) is 5.56 Å². The van der Waals surface area contributed by atoms with Gasteiger partial charge in [0.05, 0.1) is 27.4 Å². The lowest BCUT2D eigenvalue weighted by Gasteiger charge is -2.27. The van der Waals surface area contributed by atoms with E-state index >= 15 is 0 Å². The van der Waals surface area contributed by atoms with Crippen molar-refractivity contribution in [2.75, 3.05) is 28.4 Å². The van der Waals surface area contributed by atoms with Crippen LogP contribution < -0.4 is 19.6 Å². The molecule has 0 aromatic heterocycles. The summed E-state index contributed by atoms with van der Waals surface area (Å²) < 4.78 is 16.7. The molecule has 1 aliphatic rings. The van der Waals surface area contributed by atoms with Crippen molar-refractivity contribution >= 4 is 11.9 Å². The number of hydrogen-bond donors (Lipinski definition) is 1. The first-order valence-electron chi connectivity index (χ1n) is 9.72. The molecule has 1 amide bonds. The molecule has 2 aromatic rings. The number of carbonyl (C=O) groups is 2. The molecule has 1 N–H and O–H groups in total. The fraction of sp³-hybridized carbons (Fsp3) is 0.348. The van der Waals surface area contributed by atoms with Crippen LogP contribution in [0.1, 0.15) is 40.9 Å². The molecule has 0 spiro atoms. The molecule has 164 valence electrons. The average molecular weight is 427 g/mol. The lowest BCUT2D eigenvalue weighted by molar-refractivity contribution is -0.129. The summed E-state index contributed by atoms with van der Waals surface area (Å²) in [6.45, 7) is 1.45. The second-order valence-electron chi connectivity index (χ2n) is 7.29. The third-order valence-electron chi connectivity index (χ3n) is 5.70. The van der Waals surface area contributed by atoms with Crippen molar-refractivity contribution in [3.63, 3.8) is 0 Å². The zero-order valence-corrected chi connectivity index (χ0v) is 18.1. The molecular weight excluding hydrogens is 402 g/mol. The van der Waals surface area contributed by atoms with Crippen molar-refractivity contribution < 1.29 is 28.9 Å². The number of benzene rings is 1. The Hall–Kier alpha value is -3.55. The van der Waals surface area contributed by atoms with Crippen molar-refractivity contribution in [1.29, 1.82) is 0 Å². The van der Waals surface area contributed by atoms with Crippen LogP contribution in [0.15, 0.2) is 29.1 Å². The molecule has 0 saturated heterocycles. The standard InChI is InChI=1S/C23H25NO7/c1-12(25)24(2)17-9-6-13-10-19(29-3)21(30-4)22(31-5)20(13)14-7-8-15(23(27)28)18(26)11-16(14)17/h7-8,10-11,17H,6,9H2,1-5H3,(H,27,28)/t17-/m0/s1. The maximum atomic E-state index is 12.7. The van der Waals surface area contributed by atoms with Gasteiger partial charge in [0.2, 0.25) is 11.7 Å². The molecule has 1 atom stereocenters. The van der Waals surface area contributed by atoms with Crippen LogP contribution in [0.5, 0.6) is 17.2 Å². The quantitative estimate of drug-likeness (QED) is 0.783. The van der Waals surface area contributed by atoms with E-state index in [-0.39, 0.29) is 11.5 Å². The van der Waals surface area contributed by atoms with Gasteiger partial charge >= 0.3 is 5.97 Å². The Kier molecular flexibility index (Phi) is 6.19. The van der Waals surface area contributed by atoms with Gasteiger partial charge in [-0.05, 0) is 47.7 Å². The van der Waals surface area contributed by atoms with Crippen molar-refractivity contribution in [2.45, 2.75) is 25.8 Å². The van der Waals surface area contributed by atoms with Gasteiger partial charge in [-0.2, -0.15) is 0 Å². The Bertz CT molecular complexity index is 1110. The summed E-state index contributed by atoms with van der Waals surface area (Å²) in [6.07, 6.45) is 1.10. The van der Waals surface area contributed by atoms with E-state index in [1.807, 2.05) is 6.07 Å². The van der Waals surface area contributed by atoms with Gasteiger partial charge in [-0.3, -0.25) is 9.59 Å². The minimum atomic E-state index is -1.31. The minimum absolute atomic E-state index is 0.165. The first-order valence-corrected chi connectivity index (χ1v) is 9.72. The number of fused-ring (bicyclic) bond motifs is 3. The Morgan fingerprint density at radius 1 is 1.06 bits per heavy atom. The van der Waals surface area contributed by atoms with E-state index in [1.165, 1.54) is 40.4 Å². The number of carboxylic acids is 1. The average Bonchev–Trinajstić information content (AvgIpc) is 2.99. The number of aryl methyl sites for hydroxylation is 1. The molecule has 8 nitrogen and oxygen atoms in total. The van der Waals surface area contributed by atoms with Crippen LogP contribution in [0.3, 0.4) is 0 Å². The van der Waals surface area contributed by atoms with Crippen LogP contribution in [0, 0.1) is 0 Å². The van der Waals surface area contributed by atoms with Crippen LogP contribution in [0.25, 0.3) is 11.1 Å². The molecule has 8 heteroatoms.